The van der Waals surface area contributed by atoms with Crippen molar-refractivity contribution in [1.29, 1.82) is 0 Å². The van der Waals surface area contributed by atoms with Crippen LogP contribution in [0.5, 0.6) is 11.5 Å². The number of phenolic OH excluding ortho intramolecular Hbond substituents is 1. The Morgan fingerprint density at radius 2 is 1.86 bits per heavy atom. The van der Waals surface area contributed by atoms with E-state index in [-0.39, 0.29) is 17.3 Å². The first-order chi connectivity index (χ1) is 13.2. The molecule has 1 aliphatic rings. The molecule has 7 nitrogen and oxygen atoms in total. The maximum Gasteiger partial charge on any atom is 0.345 e. The van der Waals surface area contributed by atoms with E-state index in [0.29, 0.717) is 17.9 Å². The number of hydrogen-bond donors (Lipinski definition) is 2. The number of ether oxygens (including phenoxy) is 3. The summed E-state index contributed by atoms with van der Waals surface area (Å²) in [6, 6.07) is 10.1. The summed E-state index contributed by atoms with van der Waals surface area (Å²) in [5.74, 6) is -1.28. The van der Waals surface area contributed by atoms with Gasteiger partial charge in [0.1, 0.15) is 22.6 Å². The molecule has 0 fully saturated rings. The minimum absolute atomic E-state index is 0.102. The van der Waals surface area contributed by atoms with Crippen LogP contribution in [0, 0.1) is 0 Å². The van der Waals surface area contributed by atoms with Gasteiger partial charge in [-0.1, -0.05) is 28.1 Å². The van der Waals surface area contributed by atoms with Gasteiger partial charge in [-0.05, 0) is 35.4 Å². The number of nitrogens with two attached hydrogens (primary N) is 1. The Morgan fingerprint density at radius 1 is 1.18 bits per heavy atom. The maximum absolute atomic E-state index is 11.6. The predicted molar refractivity (Wildman–Crippen MR) is 107 cm³/mol. The molecule has 0 radical (unpaired) electrons. The second-order valence-corrected chi connectivity index (χ2v) is 6.96. The highest BCUT2D eigenvalue weighted by molar-refractivity contribution is 9.08. The highest BCUT2D eigenvalue weighted by atomic mass is 79.9. The van der Waals surface area contributed by atoms with Gasteiger partial charge in [0.25, 0.3) is 0 Å². The fraction of sp³-hybridized carbons (Fsp3) is 0.300. The number of rotatable bonds is 3. The van der Waals surface area contributed by atoms with E-state index in [1.807, 2.05) is 12.1 Å². The van der Waals surface area contributed by atoms with Gasteiger partial charge in [-0.15, -0.1) is 0 Å². The first kappa shape index (κ1) is 21.7. The average molecular weight is 452 g/mol. The molecule has 3 N–H and O–H groups in total. The van der Waals surface area contributed by atoms with Crippen molar-refractivity contribution in [3.63, 3.8) is 0 Å². The quantitative estimate of drug-likeness (QED) is 0.542. The third kappa shape index (κ3) is 5.24. The Morgan fingerprint density at radius 3 is 2.43 bits per heavy atom. The lowest BCUT2D eigenvalue weighted by Gasteiger charge is -2.31. The van der Waals surface area contributed by atoms with Crippen LogP contribution in [0.1, 0.15) is 45.7 Å². The second-order valence-electron chi connectivity index (χ2n) is 6.40. The highest BCUT2D eigenvalue weighted by Crippen LogP contribution is 2.32. The van der Waals surface area contributed by atoms with Crippen LogP contribution < -0.4 is 10.5 Å². The van der Waals surface area contributed by atoms with E-state index in [9.17, 15) is 14.7 Å². The molecular weight excluding hydrogens is 430 g/mol. The number of benzene rings is 2. The molecule has 1 aliphatic heterocycles. The molecule has 0 aromatic heterocycles. The van der Waals surface area contributed by atoms with Crippen molar-refractivity contribution in [3.8, 4) is 11.5 Å². The Kier molecular flexibility index (Phi) is 7.04. The summed E-state index contributed by atoms with van der Waals surface area (Å²) in [7, 11) is 1.26. The van der Waals surface area contributed by atoms with E-state index >= 15 is 0 Å². The van der Waals surface area contributed by atoms with Gasteiger partial charge in [-0.25, -0.2) is 9.59 Å². The van der Waals surface area contributed by atoms with Crippen LogP contribution in [0.25, 0.3) is 0 Å². The number of carbonyl (C=O) groups is 2. The number of cyclic esters (lactones) is 1. The van der Waals surface area contributed by atoms with Gasteiger partial charge < -0.3 is 25.1 Å². The topological polar surface area (TPSA) is 108 Å². The molecule has 0 saturated heterocycles. The molecule has 28 heavy (non-hydrogen) atoms. The van der Waals surface area contributed by atoms with Gasteiger partial charge in [0, 0.05) is 25.7 Å². The molecule has 150 valence electrons. The smallest absolute Gasteiger partial charge is 0.345 e. The van der Waals surface area contributed by atoms with E-state index in [4.69, 9.17) is 15.2 Å². The third-order valence-corrected chi connectivity index (χ3v) is 4.47. The number of aromatic hydroxyl groups is 1. The van der Waals surface area contributed by atoms with Gasteiger partial charge in [-0.2, -0.15) is 0 Å². The van der Waals surface area contributed by atoms with E-state index in [0.717, 1.165) is 16.5 Å². The van der Waals surface area contributed by atoms with Crippen molar-refractivity contribution in [1.82, 2.24) is 0 Å². The van der Waals surface area contributed by atoms with Crippen molar-refractivity contribution in [2.75, 3.05) is 7.11 Å². The van der Waals surface area contributed by atoms with Crippen LogP contribution in [-0.4, -0.2) is 29.9 Å². The van der Waals surface area contributed by atoms with Crippen LogP contribution >= 0.6 is 15.9 Å². The lowest BCUT2D eigenvalue weighted by molar-refractivity contribution is -0.127. The lowest BCUT2D eigenvalue weighted by atomic mass is 10.1. The summed E-state index contributed by atoms with van der Waals surface area (Å²) >= 11 is 3.36. The first-order valence-corrected chi connectivity index (χ1v) is 9.54. The molecule has 0 atom stereocenters. The average Bonchev–Trinajstić information content (AvgIpc) is 2.66. The fourth-order valence-electron chi connectivity index (χ4n) is 2.45. The zero-order valence-electron chi connectivity index (χ0n) is 15.8. The van der Waals surface area contributed by atoms with Crippen LogP contribution in [0.4, 0.5) is 0 Å². The third-order valence-electron chi connectivity index (χ3n) is 3.82. The molecular formula is C20H22BrNO6. The Hall–Kier alpha value is -2.58. The number of methoxy groups -OCH3 is 1. The molecule has 0 unspecified atom stereocenters. The number of hydrogen-bond acceptors (Lipinski definition) is 7. The first-order valence-electron chi connectivity index (χ1n) is 8.42. The van der Waals surface area contributed by atoms with Crippen LogP contribution in [0.3, 0.4) is 0 Å². The number of phenols is 1. The van der Waals surface area contributed by atoms with E-state index < -0.39 is 11.8 Å². The SMILES string of the molecule is CC1(C)OC(=O)c2ccc(CBr)cc2O1.COC(=O)c1ccc(CN)cc1O. The van der Waals surface area contributed by atoms with Crippen molar-refractivity contribution in [2.24, 2.45) is 5.73 Å². The van der Waals surface area contributed by atoms with Gasteiger partial charge in [0.05, 0.1) is 7.11 Å². The van der Waals surface area contributed by atoms with Crippen molar-refractivity contribution in [3.05, 3.63) is 58.7 Å². The second kappa shape index (κ2) is 9.07. The standard InChI is InChI=1S/C11H11BrO3.C9H11NO3/c1-11(2)14-9-5-7(6-12)3-4-8(9)10(13)15-11;1-13-9(12)7-3-2-6(5-10)4-8(7)11/h3-5H,6H2,1-2H3;2-4,11H,5,10H2,1H3. The molecule has 0 bridgehead atoms. The number of carbonyl (C=O) groups excluding carboxylic acids is 2. The molecule has 2 aromatic carbocycles. The highest BCUT2D eigenvalue weighted by Gasteiger charge is 2.33. The van der Waals surface area contributed by atoms with Crippen molar-refractivity contribution in [2.45, 2.75) is 31.5 Å². The summed E-state index contributed by atoms with van der Waals surface area (Å²) in [5.41, 5.74) is 7.83. The molecule has 8 heteroatoms. The normalized spacial score (nSPS) is 14.0. The van der Waals surface area contributed by atoms with Gasteiger partial charge in [0.15, 0.2) is 0 Å². The predicted octanol–water partition coefficient (Wildman–Crippen LogP) is 3.50. The largest absolute Gasteiger partial charge is 0.507 e. The molecule has 1 heterocycles. The summed E-state index contributed by atoms with van der Waals surface area (Å²) < 4.78 is 15.1. The summed E-state index contributed by atoms with van der Waals surface area (Å²) in [4.78, 5) is 22.6. The van der Waals surface area contributed by atoms with Gasteiger partial charge in [-0.3, -0.25) is 0 Å². The molecule has 0 aliphatic carbocycles. The molecule has 0 spiro atoms. The number of esters is 2. The lowest BCUT2D eigenvalue weighted by Crippen LogP contribution is -2.38. The zero-order chi connectivity index (χ0) is 20.9. The van der Waals surface area contributed by atoms with Gasteiger partial charge >= 0.3 is 11.9 Å². The molecule has 0 saturated carbocycles. The maximum atomic E-state index is 11.6. The van der Waals surface area contributed by atoms with Crippen molar-refractivity contribution < 1.29 is 28.9 Å². The Labute approximate surface area is 171 Å². The summed E-state index contributed by atoms with van der Waals surface area (Å²) in [6.45, 7) is 3.76. The van der Waals surface area contributed by atoms with Crippen LogP contribution in [0.15, 0.2) is 36.4 Å². The van der Waals surface area contributed by atoms with Crippen molar-refractivity contribution >= 4 is 27.9 Å². The van der Waals surface area contributed by atoms with Crippen LogP contribution in [-0.2, 0) is 21.3 Å². The Balaban J connectivity index is 0.000000203. The Bertz CT molecular complexity index is 881. The molecule has 2 aromatic rings. The summed E-state index contributed by atoms with van der Waals surface area (Å²) in [6.07, 6.45) is 0. The van der Waals surface area contributed by atoms with Crippen LogP contribution in [0.2, 0.25) is 0 Å². The number of fused-ring (bicyclic) bond motifs is 1. The minimum atomic E-state index is -0.880. The summed E-state index contributed by atoms with van der Waals surface area (Å²) in [5, 5.41) is 10.1. The number of halogens is 1. The van der Waals surface area contributed by atoms with E-state index in [1.165, 1.54) is 19.2 Å². The monoisotopic (exact) mass is 451 g/mol. The minimum Gasteiger partial charge on any atom is -0.507 e. The fourth-order valence-corrected chi connectivity index (χ4v) is 2.80. The molecule has 3 rings (SSSR count). The zero-order valence-corrected chi connectivity index (χ0v) is 17.4. The number of alkyl halides is 1. The van der Waals surface area contributed by atoms with E-state index in [1.54, 1.807) is 26.0 Å². The van der Waals surface area contributed by atoms with E-state index in [2.05, 4.69) is 20.7 Å². The molecule has 0 amide bonds. The van der Waals surface area contributed by atoms with Gasteiger partial charge in [0.2, 0.25) is 5.79 Å².